The summed E-state index contributed by atoms with van der Waals surface area (Å²) in [6.45, 7) is 8.59. The maximum absolute atomic E-state index is 12.4. The van der Waals surface area contributed by atoms with E-state index in [1.807, 2.05) is 38.1 Å². The Bertz CT molecular complexity index is 883. The first kappa shape index (κ1) is 15.9. The van der Waals surface area contributed by atoms with E-state index in [1.54, 1.807) is 24.5 Å². The summed E-state index contributed by atoms with van der Waals surface area (Å²) in [6.07, 6.45) is 3.20. The third-order valence-electron chi connectivity index (χ3n) is 3.77. The number of carbonyl (C=O) groups excluding carboxylic acids is 1. The van der Waals surface area contributed by atoms with Gasteiger partial charge in [-0.1, -0.05) is 24.3 Å². The van der Waals surface area contributed by atoms with Gasteiger partial charge in [0.2, 0.25) is 0 Å². The van der Waals surface area contributed by atoms with Crippen LogP contribution in [0.5, 0.6) is 0 Å². The molecular weight excluding hydrogens is 300 g/mol. The lowest BCUT2D eigenvalue weighted by atomic mass is 10.2. The largest absolute Gasteiger partial charge is 0.342 e. The molecule has 0 aliphatic rings. The van der Waals surface area contributed by atoms with Crippen molar-refractivity contribution in [3.8, 4) is 0 Å². The summed E-state index contributed by atoms with van der Waals surface area (Å²) in [4.78, 5) is 21.1. The summed E-state index contributed by atoms with van der Waals surface area (Å²) in [5.74, 6) is 0.654. The zero-order valence-electron chi connectivity index (χ0n) is 13.9. The first-order valence-electron chi connectivity index (χ1n) is 7.86. The number of allylic oxidation sites excluding steroid dienone is 1. The van der Waals surface area contributed by atoms with Crippen LogP contribution in [0.15, 0.2) is 60.9 Å². The Morgan fingerprint density at radius 2 is 2.08 bits per heavy atom. The number of nitrogens with zero attached hydrogens (tertiary/aromatic N) is 3. The summed E-state index contributed by atoms with van der Waals surface area (Å²) in [6, 6.07) is 11.2. The van der Waals surface area contributed by atoms with Gasteiger partial charge in [-0.2, -0.15) is 0 Å². The Hall–Kier alpha value is -2.95. The fraction of sp³-hybridized carbons (Fsp3) is 0.211. The van der Waals surface area contributed by atoms with Crippen LogP contribution in [0.2, 0.25) is 0 Å². The molecule has 122 valence electrons. The molecule has 0 saturated heterocycles. The lowest BCUT2D eigenvalue weighted by Crippen LogP contribution is -2.28. The minimum absolute atomic E-state index is 0.162. The predicted octanol–water partition coefficient (Wildman–Crippen LogP) is 3.50. The predicted molar refractivity (Wildman–Crippen MR) is 94.7 cm³/mol. The van der Waals surface area contributed by atoms with Crippen LogP contribution >= 0.6 is 0 Å². The Morgan fingerprint density at radius 1 is 1.29 bits per heavy atom. The van der Waals surface area contributed by atoms with Crippen LogP contribution in [0.25, 0.3) is 11.0 Å². The summed E-state index contributed by atoms with van der Waals surface area (Å²) in [5.41, 5.74) is 3.52. The van der Waals surface area contributed by atoms with Crippen LogP contribution in [0.4, 0.5) is 0 Å². The van der Waals surface area contributed by atoms with Crippen molar-refractivity contribution in [2.45, 2.75) is 26.4 Å². The first-order valence-corrected chi connectivity index (χ1v) is 7.86. The zero-order chi connectivity index (χ0) is 17.1. The van der Waals surface area contributed by atoms with Gasteiger partial charge < -0.3 is 9.88 Å². The molecule has 1 atom stereocenters. The van der Waals surface area contributed by atoms with Crippen molar-refractivity contribution in [2.24, 2.45) is 0 Å². The summed E-state index contributed by atoms with van der Waals surface area (Å²) < 4.78 is 2.10. The number of para-hydroxylation sites is 2. The Labute approximate surface area is 141 Å². The Morgan fingerprint density at radius 3 is 2.79 bits per heavy atom. The molecule has 5 heteroatoms. The number of carbonyl (C=O) groups is 1. The molecule has 0 aliphatic carbocycles. The minimum Gasteiger partial charge on any atom is -0.342 e. The average Bonchev–Trinajstić information content (AvgIpc) is 2.94. The van der Waals surface area contributed by atoms with Gasteiger partial charge in [0, 0.05) is 18.9 Å². The lowest BCUT2D eigenvalue weighted by Gasteiger charge is -2.16. The molecule has 2 heterocycles. The molecule has 1 aromatic carbocycles. The lowest BCUT2D eigenvalue weighted by molar-refractivity contribution is 0.0937. The molecule has 5 nitrogen and oxygen atoms in total. The second-order valence-electron chi connectivity index (χ2n) is 5.94. The Balaban J connectivity index is 1.93. The second-order valence-corrected chi connectivity index (χ2v) is 5.94. The number of pyridine rings is 1. The number of rotatable bonds is 5. The van der Waals surface area contributed by atoms with Crippen molar-refractivity contribution in [2.75, 3.05) is 0 Å². The van der Waals surface area contributed by atoms with Gasteiger partial charge >= 0.3 is 0 Å². The monoisotopic (exact) mass is 320 g/mol. The van der Waals surface area contributed by atoms with E-state index in [2.05, 4.69) is 21.4 Å². The topological polar surface area (TPSA) is 59.8 Å². The maximum atomic E-state index is 12.4. The summed E-state index contributed by atoms with van der Waals surface area (Å²) in [7, 11) is 0. The van der Waals surface area contributed by atoms with Crippen molar-refractivity contribution >= 4 is 16.9 Å². The maximum Gasteiger partial charge on any atom is 0.253 e. The molecular formula is C19H20N4O. The molecule has 0 fully saturated rings. The number of aromatic nitrogens is 3. The van der Waals surface area contributed by atoms with Crippen LogP contribution in [0, 0.1) is 0 Å². The molecule has 0 bridgehead atoms. The summed E-state index contributed by atoms with van der Waals surface area (Å²) in [5, 5.41) is 3.00. The van der Waals surface area contributed by atoms with Gasteiger partial charge in [-0.3, -0.25) is 9.78 Å². The number of benzene rings is 1. The van der Waals surface area contributed by atoms with Crippen molar-refractivity contribution in [1.29, 1.82) is 0 Å². The summed E-state index contributed by atoms with van der Waals surface area (Å²) >= 11 is 0. The van der Waals surface area contributed by atoms with E-state index in [-0.39, 0.29) is 11.9 Å². The molecule has 1 amide bonds. The smallest absolute Gasteiger partial charge is 0.253 e. The normalized spacial score (nSPS) is 12.1. The highest BCUT2D eigenvalue weighted by Gasteiger charge is 2.19. The van der Waals surface area contributed by atoms with Gasteiger partial charge in [-0.15, -0.1) is 0 Å². The Kier molecular flexibility index (Phi) is 4.42. The van der Waals surface area contributed by atoms with Gasteiger partial charge in [0.05, 0.1) is 22.6 Å². The van der Waals surface area contributed by atoms with Crippen molar-refractivity contribution in [1.82, 2.24) is 19.9 Å². The molecule has 1 unspecified atom stereocenters. The van der Waals surface area contributed by atoms with Gasteiger partial charge in [-0.05, 0) is 38.1 Å². The fourth-order valence-corrected chi connectivity index (χ4v) is 2.70. The third kappa shape index (κ3) is 3.20. The molecule has 2 aromatic heterocycles. The molecule has 1 N–H and O–H groups in total. The molecule has 24 heavy (non-hydrogen) atoms. The van der Waals surface area contributed by atoms with E-state index in [9.17, 15) is 4.79 Å². The molecule has 3 aromatic rings. The van der Waals surface area contributed by atoms with E-state index in [4.69, 9.17) is 4.98 Å². The minimum atomic E-state index is -0.232. The molecule has 0 aliphatic heterocycles. The van der Waals surface area contributed by atoms with Crippen LogP contribution in [-0.2, 0) is 6.54 Å². The van der Waals surface area contributed by atoms with Gasteiger partial charge in [0.25, 0.3) is 5.91 Å². The van der Waals surface area contributed by atoms with E-state index >= 15 is 0 Å². The van der Waals surface area contributed by atoms with Crippen molar-refractivity contribution < 1.29 is 4.79 Å². The fourth-order valence-electron chi connectivity index (χ4n) is 2.70. The van der Waals surface area contributed by atoms with E-state index in [0.717, 1.165) is 22.4 Å². The van der Waals surface area contributed by atoms with Crippen molar-refractivity contribution in [3.05, 3.63) is 72.3 Å². The zero-order valence-corrected chi connectivity index (χ0v) is 13.9. The SMILES string of the molecule is C=C(C)Cn1c(C(C)NC(=O)c2cccnc2)nc2ccccc21. The molecule has 0 saturated carbocycles. The molecule has 0 radical (unpaired) electrons. The van der Waals surface area contributed by atoms with Gasteiger partial charge in [0.15, 0.2) is 0 Å². The van der Waals surface area contributed by atoms with Crippen molar-refractivity contribution in [3.63, 3.8) is 0 Å². The highest BCUT2D eigenvalue weighted by molar-refractivity contribution is 5.94. The quantitative estimate of drug-likeness (QED) is 0.732. The highest BCUT2D eigenvalue weighted by atomic mass is 16.1. The number of imidazole rings is 1. The number of fused-ring (bicyclic) bond motifs is 1. The van der Waals surface area contributed by atoms with E-state index in [1.165, 1.54) is 0 Å². The van der Waals surface area contributed by atoms with E-state index in [0.29, 0.717) is 12.1 Å². The number of amides is 1. The van der Waals surface area contributed by atoms with Gasteiger partial charge in [-0.25, -0.2) is 4.98 Å². The van der Waals surface area contributed by atoms with Crippen LogP contribution in [0.3, 0.4) is 0 Å². The number of hydrogen-bond acceptors (Lipinski definition) is 3. The molecule has 3 rings (SSSR count). The standard InChI is InChI=1S/C19H20N4O/c1-13(2)12-23-17-9-5-4-8-16(17)22-18(23)14(3)21-19(24)15-7-6-10-20-11-15/h4-11,14H,1,12H2,2-3H3,(H,21,24). The van der Waals surface area contributed by atoms with Gasteiger partial charge in [0.1, 0.15) is 5.82 Å². The average molecular weight is 320 g/mol. The highest BCUT2D eigenvalue weighted by Crippen LogP contribution is 2.22. The number of hydrogen-bond donors (Lipinski definition) is 1. The molecule has 0 spiro atoms. The van der Waals surface area contributed by atoms with Crippen LogP contribution in [-0.4, -0.2) is 20.4 Å². The van der Waals surface area contributed by atoms with Crippen LogP contribution in [0.1, 0.15) is 36.1 Å². The van der Waals surface area contributed by atoms with Crippen LogP contribution < -0.4 is 5.32 Å². The number of nitrogens with one attached hydrogen (secondary N) is 1. The third-order valence-corrected chi connectivity index (χ3v) is 3.77. The first-order chi connectivity index (χ1) is 11.6. The second kappa shape index (κ2) is 6.66. The van der Waals surface area contributed by atoms with E-state index < -0.39 is 0 Å².